The third kappa shape index (κ3) is 3.18. The van der Waals surface area contributed by atoms with Crippen molar-refractivity contribution in [3.8, 4) is 0 Å². The van der Waals surface area contributed by atoms with Gasteiger partial charge in [0.15, 0.2) is 0 Å². The molecule has 0 spiro atoms. The number of benzene rings is 1. The molecule has 1 rings (SSSR count). The van der Waals surface area contributed by atoms with Gasteiger partial charge in [0, 0.05) is 18.2 Å². The van der Waals surface area contributed by atoms with Crippen LogP contribution in [0.2, 0.25) is 0 Å². The standard InChI is InChI=1S/C10H8ClNO3/c1-7(6-10(11)13)8-2-4-9(5-3-8)12(14)15/h2-6H,1H3/b7-6-. The van der Waals surface area contributed by atoms with E-state index >= 15 is 0 Å². The van der Waals surface area contributed by atoms with Crippen LogP contribution >= 0.6 is 11.6 Å². The Morgan fingerprint density at radius 3 is 2.33 bits per heavy atom. The van der Waals surface area contributed by atoms with Crippen molar-refractivity contribution in [3.63, 3.8) is 0 Å². The van der Waals surface area contributed by atoms with Gasteiger partial charge in [0.25, 0.3) is 5.69 Å². The van der Waals surface area contributed by atoms with Crippen molar-refractivity contribution in [3.05, 3.63) is 46.0 Å². The van der Waals surface area contributed by atoms with E-state index in [4.69, 9.17) is 11.6 Å². The third-order valence-corrected chi connectivity index (χ3v) is 1.97. The van der Waals surface area contributed by atoms with Gasteiger partial charge in [-0.25, -0.2) is 0 Å². The van der Waals surface area contributed by atoms with Crippen LogP contribution in [0.5, 0.6) is 0 Å². The van der Waals surface area contributed by atoms with Crippen molar-refractivity contribution >= 4 is 28.1 Å². The molecule has 1 aromatic carbocycles. The number of hydrogen-bond acceptors (Lipinski definition) is 3. The van der Waals surface area contributed by atoms with Crippen molar-refractivity contribution in [1.29, 1.82) is 0 Å². The molecule has 0 aromatic heterocycles. The maximum atomic E-state index is 10.6. The van der Waals surface area contributed by atoms with Crippen LogP contribution in [0, 0.1) is 10.1 Å². The molecule has 0 aliphatic carbocycles. The van der Waals surface area contributed by atoms with Crippen molar-refractivity contribution in [2.45, 2.75) is 6.92 Å². The fourth-order valence-corrected chi connectivity index (χ4v) is 1.26. The Labute approximate surface area is 91.3 Å². The zero-order valence-electron chi connectivity index (χ0n) is 7.94. The summed E-state index contributed by atoms with van der Waals surface area (Å²) in [6, 6.07) is 5.91. The van der Waals surface area contributed by atoms with Crippen LogP contribution in [0.3, 0.4) is 0 Å². The van der Waals surface area contributed by atoms with Gasteiger partial charge in [0.2, 0.25) is 5.24 Å². The number of allylic oxidation sites excluding steroid dienone is 2. The monoisotopic (exact) mass is 225 g/mol. The van der Waals surface area contributed by atoms with Crippen LogP contribution in [-0.2, 0) is 4.79 Å². The molecule has 78 valence electrons. The second-order valence-electron chi connectivity index (χ2n) is 2.94. The Kier molecular flexibility index (Phi) is 3.57. The average Bonchev–Trinajstić information content (AvgIpc) is 2.17. The quantitative estimate of drug-likeness (QED) is 0.344. The molecule has 15 heavy (non-hydrogen) atoms. The second kappa shape index (κ2) is 4.70. The summed E-state index contributed by atoms with van der Waals surface area (Å²) in [5.74, 6) is 0. The van der Waals surface area contributed by atoms with Crippen molar-refractivity contribution in [1.82, 2.24) is 0 Å². The Bertz CT molecular complexity index is 423. The molecule has 0 bridgehead atoms. The number of carbonyl (C=O) groups excluding carboxylic acids is 1. The predicted octanol–water partition coefficient (Wildman–Crippen LogP) is 2.76. The Balaban J connectivity index is 2.99. The van der Waals surface area contributed by atoms with Gasteiger partial charge >= 0.3 is 0 Å². The van der Waals surface area contributed by atoms with Crippen LogP contribution < -0.4 is 0 Å². The van der Waals surface area contributed by atoms with Crippen LogP contribution in [0.1, 0.15) is 12.5 Å². The summed E-state index contributed by atoms with van der Waals surface area (Å²) >= 11 is 5.18. The molecule has 0 aliphatic rings. The SMILES string of the molecule is C/C(=C/C(=O)Cl)c1ccc([N+](=O)[O-])cc1. The first-order chi connectivity index (χ1) is 7.00. The number of halogens is 1. The fourth-order valence-electron chi connectivity index (χ4n) is 1.10. The number of carbonyl (C=O) groups is 1. The highest BCUT2D eigenvalue weighted by molar-refractivity contribution is 6.66. The molecule has 0 unspecified atom stereocenters. The highest BCUT2D eigenvalue weighted by Gasteiger charge is 2.04. The molecular formula is C10H8ClNO3. The van der Waals surface area contributed by atoms with Crippen molar-refractivity contribution in [2.24, 2.45) is 0 Å². The molecule has 0 saturated carbocycles. The van der Waals surface area contributed by atoms with Gasteiger partial charge in [-0.2, -0.15) is 0 Å². The molecular weight excluding hydrogens is 218 g/mol. The van der Waals surface area contributed by atoms with Crippen LogP contribution in [0.15, 0.2) is 30.3 Å². The Morgan fingerprint density at radius 2 is 1.93 bits per heavy atom. The summed E-state index contributed by atoms with van der Waals surface area (Å²) in [6.45, 7) is 1.71. The van der Waals surface area contributed by atoms with Crippen LogP contribution in [0.4, 0.5) is 5.69 Å². The number of non-ortho nitro benzene ring substituents is 1. The molecule has 0 radical (unpaired) electrons. The molecule has 4 nitrogen and oxygen atoms in total. The van der Waals surface area contributed by atoms with Gasteiger partial charge in [-0.15, -0.1) is 0 Å². The van der Waals surface area contributed by atoms with Crippen LogP contribution in [-0.4, -0.2) is 10.2 Å². The first kappa shape index (κ1) is 11.4. The highest BCUT2D eigenvalue weighted by atomic mass is 35.5. The van der Waals surface area contributed by atoms with Crippen molar-refractivity contribution in [2.75, 3.05) is 0 Å². The molecule has 0 saturated heterocycles. The number of rotatable bonds is 3. The van der Waals surface area contributed by atoms with E-state index in [1.807, 2.05) is 0 Å². The molecule has 0 fully saturated rings. The van der Waals surface area contributed by atoms with E-state index in [2.05, 4.69) is 0 Å². The van der Waals surface area contributed by atoms with E-state index in [9.17, 15) is 14.9 Å². The van der Waals surface area contributed by atoms with Gasteiger partial charge < -0.3 is 0 Å². The maximum Gasteiger partial charge on any atom is 0.269 e. The normalized spacial score (nSPS) is 11.2. The minimum atomic E-state index is -0.564. The fraction of sp³-hybridized carbons (Fsp3) is 0.100. The Morgan fingerprint density at radius 1 is 1.40 bits per heavy atom. The molecule has 0 heterocycles. The van der Waals surface area contributed by atoms with E-state index in [1.165, 1.54) is 18.2 Å². The van der Waals surface area contributed by atoms with Gasteiger partial charge in [-0.05, 0) is 41.8 Å². The average molecular weight is 226 g/mol. The van der Waals surface area contributed by atoms with Gasteiger partial charge in [0.05, 0.1) is 4.92 Å². The lowest BCUT2D eigenvalue weighted by atomic mass is 10.1. The van der Waals surface area contributed by atoms with Crippen LogP contribution in [0.25, 0.3) is 5.57 Å². The lowest BCUT2D eigenvalue weighted by Crippen LogP contribution is -1.88. The molecule has 0 atom stereocenters. The summed E-state index contributed by atoms with van der Waals surface area (Å²) < 4.78 is 0. The number of nitrogens with zero attached hydrogens (tertiary/aromatic N) is 1. The highest BCUT2D eigenvalue weighted by Crippen LogP contribution is 2.18. The van der Waals surface area contributed by atoms with E-state index in [1.54, 1.807) is 19.1 Å². The van der Waals surface area contributed by atoms with E-state index in [0.717, 1.165) is 5.56 Å². The first-order valence-electron chi connectivity index (χ1n) is 4.13. The van der Waals surface area contributed by atoms with Gasteiger partial charge in [-0.1, -0.05) is 0 Å². The number of hydrogen-bond donors (Lipinski definition) is 0. The predicted molar refractivity (Wildman–Crippen MR) is 57.6 cm³/mol. The topological polar surface area (TPSA) is 60.2 Å². The number of nitro groups is 1. The molecule has 0 N–H and O–H groups in total. The summed E-state index contributed by atoms with van der Waals surface area (Å²) in [6.07, 6.45) is 1.27. The Hall–Kier alpha value is -1.68. The smallest absolute Gasteiger partial charge is 0.269 e. The van der Waals surface area contributed by atoms with Crippen molar-refractivity contribution < 1.29 is 9.72 Å². The number of nitro benzene ring substituents is 1. The largest absolute Gasteiger partial charge is 0.276 e. The summed E-state index contributed by atoms with van der Waals surface area (Å²) in [5, 5.41) is 9.81. The second-order valence-corrected chi connectivity index (χ2v) is 3.31. The lowest BCUT2D eigenvalue weighted by Gasteiger charge is -1.99. The third-order valence-electron chi connectivity index (χ3n) is 1.86. The molecule has 1 aromatic rings. The summed E-state index contributed by atoms with van der Waals surface area (Å²) in [5.41, 5.74) is 1.42. The molecule has 5 heteroatoms. The molecule has 0 amide bonds. The van der Waals surface area contributed by atoms with Gasteiger partial charge in [0.1, 0.15) is 0 Å². The first-order valence-corrected chi connectivity index (χ1v) is 4.51. The summed E-state index contributed by atoms with van der Waals surface area (Å²) in [7, 11) is 0. The minimum absolute atomic E-state index is 0.0174. The summed E-state index contributed by atoms with van der Waals surface area (Å²) in [4.78, 5) is 20.5. The van der Waals surface area contributed by atoms with E-state index in [-0.39, 0.29) is 5.69 Å². The minimum Gasteiger partial charge on any atom is -0.276 e. The lowest BCUT2D eigenvalue weighted by molar-refractivity contribution is -0.384. The molecule has 0 aliphatic heterocycles. The van der Waals surface area contributed by atoms with E-state index < -0.39 is 10.2 Å². The zero-order valence-corrected chi connectivity index (χ0v) is 8.69. The maximum absolute atomic E-state index is 10.6. The van der Waals surface area contributed by atoms with E-state index in [0.29, 0.717) is 5.57 Å². The zero-order chi connectivity index (χ0) is 11.4. The van der Waals surface area contributed by atoms with Gasteiger partial charge in [-0.3, -0.25) is 14.9 Å².